The number of benzene rings is 2. The van der Waals surface area contributed by atoms with E-state index in [0.717, 1.165) is 29.0 Å². The first-order valence-corrected chi connectivity index (χ1v) is 11.1. The Labute approximate surface area is 188 Å². The number of aryl methyl sites for hydroxylation is 1. The molecule has 0 N–H and O–H groups in total. The van der Waals surface area contributed by atoms with Gasteiger partial charge < -0.3 is 9.47 Å². The topological polar surface area (TPSA) is 38.8 Å². The van der Waals surface area contributed by atoms with Crippen LogP contribution in [0.5, 0.6) is 11.5 Å². The number of rotatable bonds is 3. The van der Waals surface area contributed by atoms with Gasteiger partial charge in [-0.1, -0.05) is 35.3 Å². The van der Waals surface area contributed by atoms with E-state index in [0.29, 0.717) is 34.6 Å². The van der Waals surface area contributed by atoms with E-state index in [1.165, 1.54) is 4.88 Å². The number of ketones is 1. The number of carbonyl (C=O) groups excluding carboxylic acids is 1. The average molecular weight is 458 g/mol. The molecule has 152 valence electrons. The van der Waals surface area contributed by atoms with Gasteiger partial charge in [0.2, 0.25) is 5.78 Å². The molecule has 0 bridgehead atoms. The van der Waals surface area contributed by atoms with Crippen LogP contribution >= 0.6 is 34.5 Å². The zero-order valence-electron chi connectivity index (χ0n) is 16.1. The van der Waals surface area contributed by atoms with Crippen molar-refractivity contribution >= 4 is 46.4 Å². The number of carbonyl (C=O) groups is 1. The van der Waals surface area contributed by atoms with Gasteiger partial charge in [0.15, 0.2) is 5.76 Å². The highest BCUT2D eigenvalue weighted by Gasteiger charge is 2.35. The number of hydrogen-bond donors (Lipinski definition) is 0. The summed E-state index contributed by atoms with van der Waals surface area (Å²) in [6, 6.07) is 11.3. The molecule has 30 heavy (non-hydrogen) atoms. The molecule has 7 heteroatoms. The van der Waals surface area contributed by atoms with Crippen LogP contribution in [0.3, 0.4) is 0 Å². The van der Waals surface area contributed by atoms with Crippen LogP contribution in [-0.4, -0.2) is 17.4 Å². The summed E-state index contributed by atoms with van der Waals surface area (Å²) in [6.07, 6.45) is 1.70. The Morgan fingerprint density at radius 1 is 1.20 bits per heavy atom. The molecule has 0 unspecified atom stereocenters. The molecule has 5 rings (SSSR count). The molecule has 4 nitrogen and oxygen atoms in total. The summed E-state index contributed by atoms with van der Waals surface area (Å²) in [7, 11) is 0. The van der Waals surface area contributed by atoms with Gasteiger partial charge in [0.1, 0.15) is 18.2 Å². The zero-order chi connectivity index (χ0) is 20.8. The summed E-state index contributed by atoms with van der Waals surface area (Å²) < 4.78 is 12.1. The molecule has 0 saturated carbocycles. The molecule has 0 fully saturated rings. The van der Waals surface area contributed by atoms with Crippen molar-refractivity contribution in [1.29, 1.82) is 0 Å². The summed E-state index contributed by atoms with van der Waals surface area (Å²) in [5.74, 6) is 1.51. The molecular weight excluding hydrogens is 441 g/mol. The number of halogens is 2. The average Bonchev–Trinajstić information content (AvgIpc) is 3.34. The second-order valence-corrected chi connectivity index (χ2v) is 9.17. The van der Waals surface area contributed by atoms with E-state index < -0.39 is 0 Å². The van der Waals surface area contributed by atoms with E-state index in [-0.39, 0.29) is 11.5 Å². The van der Waals surface area contributed by atoms with Crippen LogP contribution in [0.25, 0.3) is 6.08 Å². The molecule has 3 aromatic rings. The van der Waals surface area contributed by atoms with E-state index in [9.17, 15) is 4.79 Å². The van der Waals surface area contributed by atoms with Crippen LogP contribution in [-0.2, 0) is 13.1 Å². The maximum atomic E-state index is 13.1. The lowest BCUT2D eigenvalue weighted by atomic mass is 9.98. The third kappa shape index (κ3) is 3.52. The normalized spacial score (nSPS) is 16.9. The molecule has 0 spiro atoms. The zero-order valence-corrected chi connectivity index (χ0v) is 18.4. The molecule has 2 aliphatic rings. The molecule has 3 heterocycles. The lowest BCUT2D eigenvalue weighted by Gasteiger charge is -2.29. The quantitative estimate of drug-likeness (QED) is 0.430. The SMILES string of the molecule is Cc1cc2c(c3c1C(=O)/C(=C/c1ccc(Cl)c(Cl)c1)O3)CN(Cc1cccs1)CO2. The first kappa shape index (κ1) is 19.6. The van der Waals surface area contributed by atoms with E-state index in [1.54, 1.807) is 35.6 Å². The smallest absolute Gasteiger partial charge is 0.232 e. The number of hydrogen-bond acceptors (Lipinski definition) is 5. The largest absolute Gasteiger partial charge is 0.478 e. The molecule has 0 aliphatic carbocycles. The Morgan fingerprint density at radius 3 is 2.83 bits per heavy atom. The summed E-state index contributed by atoms with van der Waals surface area (Å²) in [4.78, 5) is 16.6. The Hall–Kier alpha value is -2.31. The summed E-state index contributed by atoms with van der Waals surface area (Å²) in [5, 5.41) is 2.96. The lowest BCUT2D eigenvalue weighted by molar-refractivity contribution is 0.0881. The van der Waals surface area contributed by atoms with Crippen molar-refractivity contribution in [3.63, 3.8) is 0 Å². The summed E-state index contributed by atoms with van der Waals surface area (Å²) in [6.45, 7) is 3.86. The fourth-order valence-corrected chi connectivity index (χ4v) is 4.81. The molecule has 0 atom stereocenters. The van der Waals surface area contributed by atoms with Gasteiger partial charge in [-0.25, -0.2) is 0 Å². The van der Waals surface area contributed by atoms with Crippen molar-refractivity contribution < 1.29 is 14.3 Å². The van der Waals surface area contributed by atoms with Crippen molar-refractivity contribution in [2.45, 2.75) is 20.0 Å². The number of fused-ring (bicyclic) bond motifs is 3. The maximum absolute atomic E-state index is 13.1. The summed E-state index contributed by atoms with van der Waals surface area (Å²) in [5.41, 5.74) is 3.10. The summed E-state index contributed by atoms with van der Waals surface area (Å²) >= 11 is 13.8. The molecule has 0 radical (unpaired) electrons. The van der Waals surface area contributed by atoms with Crippen LogP contribution in [0.2, 0.25) is 10.0 Å². The predicted molar refractivity (Wildman–Crippen MR) is 120 cm³/mol. The van der Waals surface area contributed by atoms with Gasteiger partial charge in [-0.05, 0) is 53.8 Å². The van der Waals surface area contributed by atoms with Crippen molar-refractivity contribution in [1.82, 2.24) is 4.90 Å². The molecule has 2 aliphatic heterocycles. The second-order valence-electron chi connectivity index (χ2n) is 7.33. The maximum Gasteiger partial charge on any atom is 0.232 e. The fraction of sp³-hybridized carbons (Fsp3) is 0.174. The van der Waals surface area contributed by atoms with Crippen molar-refractivity contribution in [2.75, 3.05) is 6.73 Å². The van der Waals surface area contributed by atoms with Gasteiger partial charge in [0.25, 0.3) is 0 Å². The van der Waals surface area contributed by atoms with E-state index in [4.69, 9.17) is 32.7 Å². The van der Waals surface area contributed by atoms with Crippen molar-refractivity contribution in [2.24, 2.45) is 0 Å². The Kier molecular flexibility index (Phi) is 5.07. The first-order chi connectivity index (χ1) is 14.5. The van der Waals surface area contributed by atoms with Gasteiger partial charge in [-0.15, -0.1) is 11.3 Å². The predicted octanol–water partition coefficient (Wildman–Crippen LogP) is 6.33. The highest BCUT2D eigenvalue weighted by Crippen LogP contribution is 2.44. The Bertz CT molecular complexity index is 1190. The standard InChI is InChI=1S/C23H17Cl2NO3S/c1-13-7-19-16(11-26(12-28-19)10-15-3-2-6-30-15)23-21(13)22(27)20(29-23)9-14-4-5-17(24)18(25)8-14/h2-9H,10-12H2,1H3/b20-9-. The fourth-order valence-electron chi connectivity index (χ4n) is 3.75. The van der Waals surface area contributed by atoms with E-state index in [1.807, 2.05) is 19.1 Å². The molecule has 0 amide bonds. The Morgan fingerprint density at radius 2 is 2.07 bits per heavy atom. The van der Waals surface area contributed by atoms with Crippen LogP contribution in [0, 0.1) is 6.92 Å². The third-order valence-corrected chi connectivity index (χ3v) is 6.79. The number of nitrogens with zero attached hydrogens (tertiary/aromatic N) is 1. The molecule has 0 saturated heterocycles. The lowest BCUT2D eigenvalue weighted by Crippen LogP contribution is -2.31. The number of allylic oxidation sites excluding steroid dienone is 1. The van der Waals surface area contributed by atoms with Gasteiger partial charge in [-0.3, -0.25) is 9.69 Å². The minimum atomic E-state index is -0.133. The van der Waals surface area contributed by atoms with Gasteiger partial charge in [0.05, 0.1) is 21.2 Å². The van der Waals surface area contributed by atoms with Crippen molar-refractivity contribution in [3.05, 3.63) is 84.7 Å². The second kappa shape index (κ2) is 7.75. The van der Waals surface area contributed by atoms with Crippen molar-refractivity contribution in [3.8, 4) is 11.5 Å². The van der Waals surface area contributed by atoms with Crippen LogP contribution in [0.1, 0.15) is 31.9 Å². The van der Waals surface area contributed by atoms with E-state index >= 15 is 0 Å². The van der Waals surface area contributed by atoms with E-state index in [2.05, 4.69) is 16.3 Å². The number of ether oxygens (including phenoxy) is 2. The molecular formula is C23H17Cl2NO3S. The first-order valence-electron chi connectivity index (χ1n) is 9.43. The van der Waals surface area contributed by atoms with Gasteiger partial charge >= 0.3 is 0 Å². The molecule has 1 aromatic heterocycles. The number of thiophene rings is 1. The highest BCUT2D eigenvalue weighted by atomic mass is 35.5. The third-order valence-electron chi connectivity index (χ3n) is 5.19. The number of Topliss-reactive ketones (excluding diaryl/α,β-unsaturated/α-hetero) is 1. The van der Waals surface area contributed by atoms with Crippen LogP contribution < -0.4 is 9.47 Å². The highest BCUT2D eigenvalue weighted by molar-refractivity contribution is 7.09. The minimum Gasteiger partial charge on any atom is -0.478 e. The molecule has 2 aromatic carbocycles. The minimum absolute atomic E-state index is 0.133. The van der Waals surface area contributed by atoms with Crippen LogP contribution in [0.15, 0.2) is 47.5 Å². The Balaban J connectivity index is 1.49. The van der Waals surface area contributed by atoms with Crippen LogP contribution in [0.4, 0.5) is 0 Å². The monoisotopic (exact) mass is 457 g/mol. The van der Waals surface area contributed by atoms with Gasteiger partial charge in [-0.2, -0.15) is 0 Å². The van der Waals surface area contributed by atoms with Gasteiger partial charge in [0, 0.05) is 18.0 Å².